The average molecular weight is 1620 g/mol. The third-order valence-corrected chi connectivity index (χ3v) is 28.2. The minimum Gasteiger partial charge on any atom is -0.463 e. The van der Waals surface area contributed by atoms with Crippen molar-refractivity contribution in [2.75, 3.05) is 26.2 Å². The van der Waals surface area contributed by atoms with Crippen molar-refractivity contribution in [3.05, 3.63) is 131 Å². The summed E-state index contributed by atoms with van der Waals surface area (Å²) in [6, 6.07) is 24.6. The zero-order valence-electron chi connectivity index (χ0n) is 73.0. The Hall–Kier alpha value is -6.90. The zero-order valence-corrected chi connectivity index (χ0v) is 74.7. The molecule has 0 N–H and O–H groups in total. The highest BCUT2D eigenvalue weighted by molar-refractivity contribution is 7.30. The maximum Gasteiger partial charge on any atom is 0.261 e. The number of carbonyl (C=O) groups excluding carboxylic acids is 4. The van der Waals surface area contributed by atoms with Crippen LogP contribution in [0.15, 0.2) is 125 Å². The molecule has 0 saturated heterocycles. The Labute approximate surface area is 706 Å². The molecule has 0 bridgehead atoms. The van der Waals surface area contributed by atoms with Gasteiger partial charge < -0.3 is 37.3 Å². The van der Waals surface area contributed by atoms with Crippen LogP contribution in [-0.4, -0.2) is 69.4 Å². The fourth-order valence-electron chi connectivity index (χ4n) is 19.0. The lowest BCUT2D eigenvalue weighted by Crippen LogP contribution is -2.34. The summed E-state index contributed by atoms with van der Waals surface area (Å²) in [5, 5.41) is 2.18. The number of hydrogen-bond acceptors (Lipinski definition) is 10. The van der Waals surface area contributed by atoms with E-state index in [1.165, 1.54) is 193 Å². The molecule has 4 atom stereocenters. The molecule has 0 spiro atoms. The van der Waals surface area contributed by atoms with Gasteiger partial charge in [0.2, 0.25) is 0 Å². The second-order valence-corrected chi connectivity index (χ2v) is 37.2. The highest BCUT2D eigenvalue weighted by Gasteiger charge is 2.53. The van der Waals surface area contributed by atoms with Gasteiger partial charge in [-0.3, -0.25) is 19.2 Å². The van der Waals surface area contributed by atoms with E-state index < -0.39 is 0 Å². The van der Waals surface area contributed by atoms with Gasteiger partial charge in [-0.25, -0.2) is 0 Å². The number of carbonyl (C=O) groups is 4. The van der Waals surface area contributed by atoms with Gasteiger partial charge in [-0.15, -0.1) is 22.7 Å². The predicted molar refractivity (Wildman–Crippen MR) is 486 cm³/mol. The van der Waals surface area contributed by atoms with Crippen LogP contribution < -0.4 is 0 Å². The lowest BCUT2D eigenvalue weighted by Gasteiger charge is -2.29. The van der Waals surface area contributed by atoms with E-state index in [-0.39, 0.29) is 47.3 Å². The van der Waals surface area contributed by atoms with Gasteiger partial charge in [-0.2, -0.15) is 0 Å². The highest BCUT2D eigenvalue weighted by Crippen LogP contribution is 2.53. The molecule has 4 aliphatic heterocycles. The monoisotopic (exact) mass is 1620 g/mol. The average Bonchev–Trinajstić information content (AvgIpc) is 1.56. The van der Waals surface area contributed by atoms with Gasteiger partial charge in [-0.05, 0) is 146 Å². The van der Waals surface area contributed by atoms with E-state index in [0.29, 0.717) is 106 Å². The van der Waals surface area contributed by atoms with Gasteiger partial charge in [0.05, 0.1) is 54.0 Å². The molecule has 634 valence electrons. The molecule has 7 aromatic rings. The summed E-state index contributed by atoms with van der Waals surface area (Å²) < 4.78 is 29.3. The summed E-state index contributed by atoms with van der Waals surface area (Å²) >= 11 is 3.39. The number of nitrogens with zero attached hydrogens (tertiary/aromatic N) is 4. The Morgan fingerprint density at radius 3 is 0.733 bits per heavy atom. The van der Waals surface area contributed by atoms with Crippen molar-refractivity contribution in [1.29, 1.82) is 0 Å². The Bertz CT molecular complexity index is 4010. The third kappa shape index (κ3) is 23.6. The summed E-state index contributed by atoms with van der Waals surface area (Å²) in [6.45, 7) is 20.3. The molecule has 0 fully saturated rings. The van der Waals surface area contributed by atoms with E-state index in [1.807, 2.05) is 68.1 Å². The predicted octanol–water partition coefficient (Wildman–Crippen LogP) is 30.8. The van der Waals surface area contributed by atoms with Crippen LogP contribution in [0.25, 0.3) is 64.2 Å². The van der Waals surface area contributed by atoms with E-state index in [1.54, 1.807) is 35.2 Å². The first-order valence-electron chi connectivity index (χ1n) is 47.5. The number of benzene rings is 1. The number of fused-ring (bicyclic) bond motifs is 5. The van der Waals surface area contributed by atoms with Crippen molar-refractivity contribution >= 4 is 89.3 Å². The molecule has 0 aliphatic carbocycles. The van der Waals surface area contributed by atoms with E-state index >= 15 is 19.2 Å². The standard InChI is InChI=1S/C102H146N4O8S2/c1-9-17-25-33-37-45-55-75(51-41-29-21-13-5)71-103-93(83-59-49-67-111-83)89-91(101(103)109)95(105(99(89)107)73-77(53-43-31-23-15-7)57-47-39-35-27-19-11-3)85-65-63-81(113-85)87-69-79-61-62-80-70-88(116-98(80)97(79)115-87)82-64-66-86(114-82)96-92-90(100(108)106(96)74-78(54-44-32-24-16-8)58-48-40-36-28-20-12-4)94(84-60-50-68-112-84)104(102(92)110)72-76(52-42-30-22-14-6)56-46-38-34-26-18-10-2/h49-50,59-70,75-78H,9-48,51-58,71-74H2,1-8H3. The summed E-state index contributed by atoms with van der Waals surface area (Å²) in [6.07, 6.45) is 59.4. The van der Waals surface area contributed by atoms with Gasteiger partial charge >= 0.3 is 0 Å². The molecule has 116 heavy (non-hydrogen) atoms. The Balaban J connectivity index is 0.949. The largest absolute Gasteiger partial charge is 0.463 e. The highest BCUT2D eigenvalue weighted by atomic mass is 32.1. The second kappa shape index (κ2) is 47.8. The quantitative estimate of drug-likeness (QED) is 0.0344. The van der Waals surface area contributed by atoms with Gasteiger partial charge in [-0.1, -0.05) is 324 Å². The van der Waals surface area contributed by atoms with Gasteiger partial charge in [0.15, 0.2) is 23.0 Å². The lowest BCUT2D eigenvalue weighted by molar-refractivity contribution is -0.124. The van der Waals surface area contributed by atoms with Gasteiger partial charge in [0, 0.05) is 26.2 Å². The van der Waals surface area contributed by atoms with Crippen LogP contribution in [-0.2, 0) is 19.2 Å². The van der Waals surface area contributed by atoms with E-state index in [4.69, 9.17) is 17.7 Å². The van der Waals surface area contributed by atoms with Crippen LogP contribution in [0.4, 0.5) is 0 Å². The number of unbranched alkanes of at least 4 members (excludes halogenated alkanes) is 32. The number of hydrogen-bond donors (Lipinski definition) is 0. The van der Waals surface area contributed by atoms with Crippen molar-refractivity contribution in [3.63, 3.8) is 0 Å². The van der Waals surface area contributed by atoms with Crippen LogP contribution in [0.1, 0.15) is 387 Å². The molecule has 4 unspecified atom stereocenters. The fraction of sp³-hybridized carbons (Fsp3) is 0.627. The molecule has 0 radical (unpaired) electrons. The summed E-state index contributed by atoms with van der Waals surface area (Å²) in [7, 11) is 0. The summed E-state index contributed by atoms with van der Waals surface area (Å²) in [5.74, 6) is 4.09. The van der Waals surface area contributed by atoms with Gasteiger partial charge in [0.25, 0.3) is 23.6 Å². The SMILES string of the molecule is CCCCCCCCC(CCCCCC)CN1C(=O)C2=C(c3ccc(-c4cc5ccc6cc(-c7ccc(C8=C9C(=O)N(CC(CCCCCC)CCCCCCCC)C(c%10ccco%10)=C9C(=O)N8CC(CCCCCC)CCCCCCCC)o7)sc6c5s4)o3)N(CC(CCCCCC)CCCCCCCC)C(=O)C2=C1c1ccco1. The summed E-state index contributed by atoms with van der Waals surface area (Å²) in [4.78, 5) is 73.7. The smallest absolute Gasteiger partial charge is 0.261 e. The third-order valence-electron chi connectivity index (χ3n) is 25.7. The second-order valence-electron chi connectivity index (χ2n) is 35.1. The molecular weight excluding hydrogens is 1470 g/mol. The van der Waals surface area contributed by atoms with Crippen LogP contribution in [0.2, 0.25) is 0 Å². The normalized spacial score (nSPS) is 15.7. The molecule has 12 nitrogen and oxygen atoms in total. The first-order valence-corrected chi connectivity index (χ1v) is 49.1. The van der Waals surface area contributed by atoms with Crippen molar-refractivity contribution in [2.24, 2.45) is 23.7 Å². The Morgan fingerprint density at radius 1 is 0.267 bits per heavy atom. The van der Waals surface area contributed by atoms with E-state index in [2.05, 4.69) is 79.7 Å². The zero-order chi connectivity index (χ0) is 81.4. The molecule has 11 rings (SSSR count). The minimum atomic E-state index is -0.133. The number of amides is 4. The molecule has 4 aliphatic rings. The first kappa shape index (κ1) is 89.9. The molecule has 14 heteroatoms. The Morgan fingerprint density at radius 2 is 0.491 bits per heavy atom. The van der Waals surface area contributed by atoms with Crippen molar-refractivity contribution < 1.29 is 36.8 Å². The lowest BCUT2D eigenvalue weighted by atomic mass is 9.93. The van der Waals surface area contributed by atoms with Crippen LogP contribution in [0.5, 0.6) is 0 Å². The molecule has 0 saturated carbocycles. The topological polar surface area (TPSA) is 134 Å². The summed E-state index contributed by atoms with van der Waals surface area (Å²) in [5.41, 5.74) is 4.18. The van der Waals surface area contributed by atoms with Crippen molar-refractivity contribution in [1.82, 2.24) is 19.6 Å². The van der Waals surface area contributed by atoms with Crippen molar-refractivity contribution in [3.8, 4) is 21.3 Å². The van der Waals surface area contributed by atoms with Gasteiger partial charge in [0.1, 0.15) is 34.3 Å². The molecule has 10 heterocycles. The number of furan rings is 4. The minimum absolute atomic E-state index is 0.133. The van der Waals surface area contributed by atoms with E-state index in [0.717, 1.165) is 146 Å². The maximum atomic E-state index is 16.0. The molecule has 1 aromatic carbocycles. The van der Waals surface area contributed by atoms with Crippen LogP contribution >= 0.6 is 22.7 Å². The van der Waals surface area contributed by atoms with Crippen LogP contribution in [0.3, 0.4) is 0 Å². The first-order chi connectivity index (χ1) is 57.0. The Kier molecular flexibility index (Phi) is 37.0. The fourth-order valence-corrected chi connectivity index (χ4v) is 21.4. The molecular formula is C102H146N4O8S2. The molecule has 6 aromatic heterocycles. The van der Waals surface area contributed by atoms with E-state index in [9.17, 15) is 0 Å². The maximum absolute atomic E-state index is 16.0. The number of thiophene rings is 2. The molecule has 4 amide bonds. The van der Waals surface area contributed by atoms with Crippen molar-refractivity contribution in [2.45, 2.75) is 364 Å². The number of rotatable bonds is 62. The van der Waals surface area contributed by atoms with Crippen LogP contribution in [0, 0.1) is 23.7 Å².